The van der Waals surface area contributed by atoms with Crippen LogP contribution in [0.4, 0.5) is 0 Å². The molecule has 0 fully saturated rings. The number of rotatable bonds is 6. The maximum Gasteiger partial charge on any atom is 0.0454 e. The third kappa shape index (κ3) is 3.97. The predicted molar refractivity (Wildman–Crippen MR) is 79.6 cm³/mol. The summed E-state index contributed by atoms with van der Waals surface area (Å²) >= 11 is 9.85. The SMILES string of the molecule is CCNC(c1cc(Br)ccc1Cl)C(CC)CC. The summed E-state index contributed by atoms with van der Waals surface area (Å²) in [5.41, 5.74) is 1.21. The molecule has 1 aromatic carbocycles. The largest absolute Gasteiger partial charge is 0.310 e. The van der Waals surface area contributed by atoms with Gasteiger partial charge in [0.2, 0.25) is 0 Å². The van der Waals surface area contributed by atoms with E-state index in [1.54, 1.807) is 0 Å². The Labute approximate surface area is 118 Å². The second-order valence-electron chi connectivity index (χ2n) is 4.28. The van der Waals surface area contributed by atoms with E-state index in [-0.39, 0.29) is 0 Å². The molecule has 0 aliphatic carbocycles. The average molecular weight is 319 g/mol. The molecule has 1 nitrogen and oxygen atoms in total. The van der Waals surface area contributed by atoms with E-state index in [1.807, 2.05) is 12.1 Å². The maximum atomic E-state index is 6.32. The fourth-order valence-electron chi connectivity index (χ4n) is 2.26. The lowest BCUT2D eigenvalue weighted by Crippen LogP contribution is -2.28. The third-order valence-corrected chi connectivity index (χ3v) is 4.07. The van der Waals surface area contributed by atoms with Gasteiger partial charge in [-0.15, -0.1) is 0 Å². The minimum Gasteiger partial charge on any atom is -0.310 e. The van der Waals surface area contributed by atoms with Crippen molar-refractivity contribution in [2.75, 3.05) is 6.54 Å². The van der Waals surface area contributed by atoms with Gasteiger partial charge in [0, 0.05) is 15.5 Å². The normalized spacial score (nSPS) is 13.1. The Hall–Kier alpha value is -0.0500. The number of halogens is 2. The van der Waals surface area contributed by atoms with Crippen molar-refractivity contribution >= 4 is 27.5 Å². The van der Waals surface area contributed by atoms with Crippen molar-refractivity contribution < 1.29 is 0 Å². The van der Waals surface area contributed by atoms with Crippen molar-refractivity contribution in [3.8, 4) is 0 Å². The van der Waals surface area contributed by atoms with Crippen molar-refractivity contribution in [1.82, 2.24) is 5.32 Å². The smallest absolute Gasteiger partial charge is 0.0454 e. The van der Waals surface area contributed by atoms with Crippen LogP contribution in [-0.2, 0) is 0 Å². The molecule has 0 aliphatic heterocycles. The van der Waals surface area contributed by atoms with Crippen molar-refractivity contribution in [2.45, 2.75) is 39.7 Å². The van der Waals surface area contributed by atoms with Gasteiger partial charge in [0.25, 0.3) is 0 Å². The van der Waals surface area contributed by atoms with Gasteiger partial charge in [0.15, 0.2) is 0 Å². The molecule has 17 heavy (non-hydrogen) atoms. The molecule has 0 aliphatic rings. The third-order valence-electron chi connectivity index (χ3n) is 3.24. The zero-order chi connectivity index (χ0) is 12.8. The van der Waals surface area contributed by atoms with Crippen LogP contribution in [-0.4, -0.2) is 6.54 Å². The molecule has 0 spiro atoms. The van der Waals surface area contributed by atoms with Crippen LogP contribution in [0.15, 0.2) is 22.7 Å². The molecule has 0 saturated heterocycles. The molecule has 0 saturated carbocycles. The van der Waals surface area contributed by atoms with E-state index in [2.05, 4.69) is 48.1 Å². The number of benzene rings is 1. The minimum atomic E-state index is 0.347. The van der Waals surface area contributed by atoms with Crippen LogP contribution in [0, 0.1) is 5.92 Å². The predicted octanol–water partition coefficient (Wildman–Crippen LogP) is 5.19. The molecular weight excluding hydrogens is 298 g/mol. The van der Waals surface area contributed by atoms with Crippen LogP contribution in [0.5, 0.6) is 0 Å². The summed E-state index contributed by atoms with van der Waals surface area (Å²) in [6.45, 7) is 7.58. The molecule has 0 heterocycles. The lowest BCUT2D eigenvalue weighted by atomic mass is 9.89. The highest BCUT2D eigenvalue weighted by Crippen LogP contribution is 2.33. The average Bonchev–Trinajstić information content (AvgIpc) is 2.33. The molecule has 0 bridgehead atoms. The summed E-state index contributed by atoms with van der Waals surface area (Å²) in [7, 11) is 0. The molecule has 0 amide bonds. The summed E-state index contributed by atoms with van der Waals surface area (Å²) in [6, 6.07) is 6.43. The van der Waals surface area contributed by atoms with E-state index in [9.17, 15) is 0 Å². The molecule has 1 unspecified atom stereocenters. The summed E-state index contributed by atoms with van der Waals surface area (Å²) < 4.78 is 1.09. The maximum absolute atomic E-state index is 6.32. The Kier molecular flexibility index (Phi) is 6.53. The van der Waals surface area contributed by atoms with Crippen molar-refractivity contribution in [3.05, 3.63) is 33.3 Å². The number of hydrogen-bond donors (Lipinski definition) is 1. The Morgan fingerprint density at radius 3 is 2.41 bits per heavy atom. The first-order chi connectivity index (χ1) is 8.13. The van der Waals surface area contributed by atoms with Crippen LogP contribution in [0.1, 0.15) is 45.2 Å². The fourth-order valence-corrected chi connectivity index (χ4v) is 2.88. The first-order valence-electron chi connectivity index (χ1n) is 6.32. The Morgan fingerprint density at radius 2 is 1.88 bits per heavy atom. The first-order valence-corrected chi connectivity index (χ1v) is 7.49. The zero-order valence-electron chi connectivity index (χ0n) is 10.8. The molecule has 3 heteroatoms. The lowest BCUT2D eigenvalue weighted by Gasteiger charge is -2.27. The van der Waals surface area contributed by atoms with Gasteiger partial charge in [-0.2, -0.15) is 0 Å². The van der Waals surface area contributed by atoms with E-state index in [0.717, 1.165) is 28.9 Å². The van der Waals surface area contributed by atoms with Crippen LogP contribution < -0.4 is 5.32 Å². The quantitative estimate of drug-likeness (QED) is 0.761. The van der Waals surface area contributed by atoms with Crippen molar-refractivity contribution in [1.29, 1.82) is 0 Å². The molecular formula is C14H21BrClN. The van der Waals surface area contributed by atoms with Gasteiger partial charge in [-0.25, -0.2) is 0 Å². The monoisotopic (exact) mass is 317 g/mol. The zero-order valence-corrected chi connectivity index (χ0v) is 13.1. The molecule has 0 aromatic heterocycles. The molecule has 1 aromatic rings. The Balaban J connectivity index is 3.07. The van der Waals surface area contributed by atoms with Crippen LogP contribution in [0.3, 0.4) is 0 Å². The van der Waals surface area contributed by atoms with E-state index >= 15 is 0 Å². The first kappa shape index (κ1) is 15.0. The van der Waals surface area contributed by atoms with Gasteiger partial charge >= 0.3 is 0 Å². The van der Waals surface area contributed by atoms with Gasteiger partial charge < -0.3 is 5.32 Å². The summed E-state index contributed by atoms with van der Waals surface area (Å²) in [6.07, 6.45) is 2.33. The van der Waals surface area contributed by atoms with Gasteiger partial charge in [-0.3, -0.25) is 0 Å². The van der Waals surface area contributed by atoms with E-state index in [1.165, 1.54) is 5.56 Å². The van der Waals surface area contributed by atoms with Crippen LogP contribution in [0.25, 0.3) is 0 Å². The van der Waals surface area contributed by atoms with Gasteiger partial charge in [-0.1, -0.05) is 61.1 Å². The molecule has 0 radical (unpaired) electrons. The molecule has 96 valence electrons. The van der Waals surface area contributed by atoms with E-state index in [4.69, 9.17) is 11.6 Å². The van der Waals surface area contributed by atoms with E-state index in [0.29, 0.717) is 12.0 Å². The fraction of sp³-hybridized carbons (Fsp3) is 0.571. The number of hydrogen-bond acceptors (Lipinski definition) is 1. The topological polar surface area (TPSA) is 12.0 Å². The lowest BCUT2D eigenvalue weighted by molar-refractivity contribution is 0.346. The highest BCUT2D eigenvalue weighted by molar-refractivity contribution is 9.10. The minimum absolute atomic E-state index is 0.347. The standard InChI is InChI=1S/C14H21BrClN/c1-4-10(5-2)14(17-6-3)12-9-11(15)7-8-13(12)16/h7-10,14,17H,4-6H2,1-3H3. The van der Waals surface area contributed by atoms with Crippen LogP contribution in [0.2, 0.25) is 5.02 Å². The van der Waals surface area contributed by atoms with E-state index < -0.39 is 0 Å². The summed E-state index contributed by atoms with van der Waals surface area (Å²) in [5, 5.41) is 4.42. The van der Waals surface area contributed by atoms with Gasteiger partial charge in [0.05, 0.1) is 0 Å². The Bertz CT molecular complexity index is 350. The molecule has 1 N–H and O–H groups in total. The Morgan fingerprint density at radius 1 is 1.24 bits per heavy atom. The van der Waals surface area contributed by atoms with Gasteiger partial charge in [0.1, 0.15) is 0 Å². The van der Waals surface area contributed by atoms with Crippen LogP contribution >= 0.6 is 27.5 Å². The number of nitrogens with one attached hydrogen (secondary N) is 1. The molecule has 1 rings (SSSR count). The highest BCUT2D eigenvalue weighted by Gasteiger charge is 2.21. The summed E-state index contributed by atoms with van der Waals surface area (Å²) in [4.78, 5) is 0. The van der Waals surface area contributed by atoms with Crippen molar-refractivity contribution in [2.24, 2.45) is 5.92 Å². The molecule has 1 atom stereocenters. The highest BCUT2D eigenvalue weighted by atomic mass is 79.9. The van der Waals surface area contributed by atoms with Crippen molar-refractivity contribution in [3.63, 3.8) is 0 Å². The second kappa shape index (κ2) is 7.40. The summed E-state index contributed by atoms with van der Waals surface area (Å²) in [5.74, 6) is 0.627. The van der Waals surface area contributed by atoms with Gasteiger partial charge in [-0.05, 0) is 36.2 Å². The second-order valence-corrected chi connectivity index (χ2v) is 5.60.